The summed E-state index contributed by atoms with van der Waals surface area (Å²) in [5.41, 5.74) is -0.618. The van der Waals surface area contributed by atoms with Crippen molar-refractivity contribution in [1.82, 2.24) is 20.3 Å². The van der Waals surface area contributed by atoms with Gasteiger partial charge in [-0.2, -0.15) is 0 Å². The summed E-state index contributed by atoms with van der Waals surface area (Å²) in [4.78, 5) is 10.8. The van der Waals surface area contributed by atoms with Gasteiger partial charge in [0.15, 0.2) is 0 Å². The Labute approximate surface area is 110 Å². The maximum Gasteiger partial charge on any atom is 0.306 e. The van der Waals surface area contributed by atoms with Gasteiger partial charge in [-0.05, 0) is 32.2 Å². The molecular formula is C12H18N4O3. The normalized spacial score (nSPS) is 34.2. The third-order valence-electron chi connectivity index (χ3n) is 4.10. The zero-order valence-electron chi connectivity index (χ0n) is 10.6. The summed E-state index contributed by atoms with van der Waals surface area (Å²) in [6.07, 6.45) is 4.49. The van der Waals surface area contributed by atoms with Crippen molar-refractivity contribution in [2.75, 3.05) is 6.54 Å². The zero-order chi connectivity index (χ0) is 13.5. The lowest BCUT2D eigenvalue weighted by molar-refractivity contribution is -0.160. The molecule has 7 nitrogen and oxygen atoms in total. The van der Waals surface area contributed by atoms with Gasteiger partial charge in [-0.25, -0.2) is 0 Å². The molecule has 1 aliphatic carbocycles. The molecule has 0 spiro atoms. The molecule has 0 amide bonds. The third kappa shape index (κ3) is 2.35. The van der Waals surface area contributed by atoms with E-state index < -0.39 is 17.5 Å². The van der Waals surface area contributed by atoms with Crippen molar-refractivity contribution in [3.8, 4) is 0 Å². The molecule has 104 valence electrons. The van der Waals surface area contributed by atoms with E-state index >= 15 is 0 Å². The van der Waals surface area contributed by atoms with Gasteiger partial charge in [0.1, 0.15) is 11.3 Å². The highest BCUT2D eigenvalue weighted by molar-refractivity contribution is 5.71. The minimum Gasteiger partial charge on any atom is -0.481 e. The van der Waals surface area contributed by atoms with Crippen molar-refractivity contribution in [3.05, 3.63) is 11.9 Å². The maximum atomic E-state index is 10.8. The molecule has 19 heavy (non-hydrogen) atoms. The number of carboxylic acids is 1. The van der Waals surface area contributed by atoms with Crippen LogP contribution in [0.3, 0.4) is 0 Å². The number of nitrogens with one attached hydrogen (secondary N) is 1. The van der Waals surface area contributed by atoms with E-state index in [4.69, 9.17) is 5.11 Å². The molecule has 7 heteroatoms. The first kappa shape index (κ1) is 12.6. The third-order valence-corrected chi connectivity index (χ3v) is 4.10. The number of aliphatic hydroxyl groups is 1. The summed E-state index contributed by atoms with van der Waals surface area (Å²) in [6, 6.07) is 0.414. The minimum atomic E-state index is -1.11. The van der Waals surface area contributed by atoms with E-state index in [2.05, 4.69) is 15.6 Å². The predicted molar refractivity (Wildman–Crippen MR) is 65.3 cm³/mol. The first-order valence-electron chi connectivity index (χ1n) is 6.66. The molecule has 2 aliphatic rings. The lowest BCUT2D eigenvalue weighted by Crippen LogP contribution is -2.44. The van der Waals surface area contributed by atoms with Crippen molar-refractivity contribution < 1.29 is 15.0 Å². The van der Waals surface area contributed by atoms with Crippen LogP contribution >= 0.6 is 0 Å². The van der Waals surface area contributed by atoms with Crippen LogP contribution < -0.4 is 5.32 Å². The molecule has 2 fully saturated rings. The standard InChI is InChI=1S/C12H18N4O3/c17-11(18)8-4-12(19,5-8)10-7-16(15-14-10)6-9-2-1-3-13-9/h7-9,13,19H,1-6H2,(H,17,18). The van der Waals surface area contributed by atoms with Crippen molar-refractivity contribution in [3.63, 3.8) is 0 Å². The quantitative estimate of drug-likeness (QED) is 0.692. The smallest absolute Gasteiger partial charge is 0.306 e. The van der Waals surface area contributed by atoms with E-state index in [1.807, 2.05) is 0 Å². The molecule has 0 bridgehead atoms. The van der Waals surface area contributed by atoms with Crippen LogP contribution in [0.2, 0.25) is 0 Å². The Balaban J connectivity index is 1.63. The van der Waals surface area contributed by atoms with E-state index in [1.165, 1.54) is 6.42 Å². The van der Waals surface area contributed by atoms with E-state index in [9.17, 15) is 9.90 Å². The molecular weight excluding hydrogens is 248 g/mol. The highest BCUT2D eigenvalue weighted by Gasteiger charge is 2.49. The van der Waals surface area contributed by atoms with Gasteiger partial charge < -0.3 is 15.5 Å². The van der Waals surface area contributed by atoms with Crippen LogP contribution in [0.25, 0.3) is 0 Å². The Morgan fingerprint density at radius 1 is 1.58 bits per heavy atom. The van der Waals surface area contributed by atoms with Gasteiger partial charge in [0.25, 0.3) is 0 Å². The first-order valence-corrected chi connectivity index (χ1v) is 6.66. The fourth-order valence-electron chi connectivity index (χ4n) is 2.88. The highest BCUT2D eigenvalue weighted by atomic mass is 16.4. The SMILES string of the molecule is O=C(O)C1CC(O)(c2cn(CC3CCCN3)nn2)C1. The minimum absolute atomic E-state index is 0.225. The fourth-order valence-corrected chi connectivity index (χ4v) is 2.88. The van der Waals surface area contributed by atoms with Crippen LogP contribution in [0.1, 0.15) is 31.4 Å². The van der Waals surface area contributed by atoms with Gasteiger partial charge in [0.2, 0.25) is 0 Å². The van der Waals surface area contributed by atoms with E-state index in [-0.39, 0.29) is 12.8 Å². The Bertz CT molecular complexity index is 475. The maximum absolute atomic E-state index is 10.8. The van der Waals surface area contributed by atoms with Crippen LogP contribution in [0.15, 0.2) is 6.20 Å². The zero-order valence-corrected chi connectivity index (χ0v) is 10.6. The Morgan fingerprint density at radius 3 is 3.00 bits per heavy atom. The van der Waals surface area contributed by atoms with Gasteiger partial charge in [0, 0.05) is 6.04 Å². The van der Waals surface area contributed by atoms with E-state index in [0.29, 0.717) is 11.7 Å². The van der Waals surface area contributed by atoms with Crippen LogP contribution in [0.4, 0.5) is 0 Å². The molecule has 1 saturated heterocycles. The number of carbonyl (C=O) groups is 1. The fraction of sp³-hybridized carbons (Fsp3) is 0.750. The number of aromatic nitrogens is 3. The van der Waals surface area contributed by atoms with Crippen LogP contribution in [-0.4, -0.2) is 43.8 Å². The summed E-state index contributed by atoms with van der Waals surface area (Å²) in [5.74, 6) is -1.32. The number of hydrogen-bond acceptors (Lipinski definition) is 5. The second-order valence-corrected chi connectivity index (χ2v) is 5.59. The van der Waals surface area contributed by atoms with Crippen molar-refractivity contribution in [1.29, 1.82) is 0 Å². The first-order chi connectivity index (χ1) is 9.07. The molecule has 1 aromatic rings. The highest BCUT2D eigenvalue weighted by Crippen LogP contribution is 2.44. The number of rotatable bonds is 4. The summed E-state index contributed by atoms with van der Waals surface area (Å²) in [7, 11) is 0. The molecule has 3 N–H and O–H groups in total. The van der Waals surface area contributed by atoms with E-state index in [0.717, 1.165) is 19.5 Å². The lowest BCUT2D eigenvalue weighted by Gasteiger charge is -2.39. The lowest BCUT2D eigenvalue weighted by atomic mass is 9.69. The molecule has 1 saturated carbocycles. The second-order valence-electron chi connectivity index (χ2n) is 5.59. The Kier molecular flexibility index (Phi) is 3.02. The van der Waals surface area contributed by atoms with E-state index in [1.54, 1.807) is 10.9 Å². The molecule has 0 radical (unpaired) electrons. The Morgan fingerprint density at radius 2 is 2.37 bits per heavy atom. The van der Waals surface area contributed by atoms with Gasteiger partial charge in [0.05, 0.1) is 18.7 Å². The molecule has 0 aromatic carbocycles. The Hall–Kier alpha value is -1.47. The average molecular weight is 266 g/mol. The van der Waals surface area contributed by atoms with Gasteiger partial charge in [-0.1, -0.05) is 5.21 Å². The molecule has 1 aromatic heterocycles. The monoisotopic (exact) mass is 266 g/mol. The molecule has 3 rings (SSSR count). The molecule has 1 atom stereocenters. The van der Waals surface area contributed by atoms with Gasteiger partial charge >= 0.3 is 5.97 Å². The van der Waals surface area contributed by atoms with Crippen LogP contribution in [0, 0.1) is 5.92 Å². The van der Waals surface area contributed by atoms with Gasteiger partial charge in [-0.3, -0.25) is 9.48 Å². The molecule has 1 aliphatic heterocycles. The second kappa shape index (κ2) is 4.57. The molecule has 2 heterocycles. The summed E-state index contributed by atoms with van der Waals surface area (Å²) >= 11 is 0. The summed E-state index contributed by atoms with van der Waals surface area (Å²) in [5, 5.41) is 30.5. The number of aliphatic carboxylic acids is 1. The number of carboxylic acid groups (broad SMARTS) is 1. The van der Waals surface area contributed by atoms with Crippen LogP contribution in [0.5, 0.6) is 0 Å². The molecule has 1 unspecified atom stereocenters. The van der Waals surface area contributed by atoms with Crippen molar-refractivity contribution >= 4 is 5.97 Å². The number of nitrogens with zero attached hydrogens (tertiary/aromatic N) is 3. The topological polar surface area (TPSA) is 100 Å². The average Bonchev–Trinajstić information content (AvgIpc) is 2.96. The van der Waals surface area contributed by atoms with Crippen molar-refractivity contribution in [2.24, 2.45) is 5.92 Å². The largest absolute Gasteiger partial charge is 0.481 e. The van der Waals surface area contributed by atoms with Crippen molar-refractivity contribution in [2.45, 2.75) is 43.9 Å². The summed E-state index contributed by atoms with van der Waals surface area (Å²) in [6.45, 7) is 1.78. The van der Waals surface area contributed by atoms with Crippen LogP contribution in [-0.2, 0) is 16.9 Å². The number of hydrogen-bond donors (Lipinski definition) is 3. The predicted octanol–water partition coefficient (Wildman–Crippen LogP) is -0.288. The van der Waals surface area contributed by atoms with Gasteiger partial charge in [-0.15, -0.1) is 5.10 Å². The summed E-state index contributed by atoms with van der Waals surface area (Å²) < 4.78 is 1.73.